The normalized spacial score (nSPS) is 10.5. The van der Waals surface area contributed by atoms with Gasteiger partial charge in [-0.25, -0.2) is 4.98 Å². The topological polar surface area (TPSA) is 28.2 Å². The van der Waals surface area contributed by atoms with Crippen LogP contribution in [0.15, 0.2) is 30.5 Å². The summed E-state index contributed by atoms with van der Waals surface area (Å²) in [6, 6.07) is 8.49. The summed E-state index contributed by atoms with van der Waals surface area (Å²) in [7, 11) is 0. The van der Waals surface area contributed by atoms with Gasteiger partial charge in [-0.05, 0) is 38.1 Å². The van der Waals surface area contributed by atoms with E-state index in [1.165, 1.54) is 17.0 Å². The first-order valence-electron chi connectivity index (χ1n) is 6.42. The van der Waals surface area contributed by atoms with Crippen LogP contribution in [-0.4, -0.2) is 18.1 Å². The summed E-state index contributed by atoms with van der Waals surface area (Å²) in [6.45, 7) is 7.10. The Morgan fingerprint density at radius 3 is 2.42 bits per heavy atom. The van der Waals surface area contributed by atoms with Crippen molar-refractivity contribution < 1.29 is 0 Å². The molecule has 2 rings (SSSR count). The molecule has 0 amide bonds. The Morgan fingerprint density at radius 2 is 1.89 bits per heavy atom. The Labute approximate surface area is 123 Å². The second kappa shape index (κ2) is 6.78. The summed E-state index contributed by atoms with van der Waals surface area (Å²) < 4.78 is 0.730. The number of benzene rings is 1. The lowest BCUT2D eigenvalue weighted by molar-refractivity contribution is 0.866. The Hall–Kier alpha value is -1.26. The van der Waals surface area contributed by atoms with Crippen molar-refractivity contribution >= 4 is 34.3 Å². The van der Waals surface area contributed by atoms with E-state index in [0.717, 1.165) is 28.1 Å². The third-order valence-electron chi connectivity index (χ3n) is 2.96. The average Bonchev–Trinajstić information content (AvgIpc) is 2.85. The molecule has 102 valence electrons. The average molecular weight is 296 g/mol. The third-order valence-corrected chi connectivity index (χ3v) is 4.08. The smallest absolute Gasteiger partial charge is 0.113 e. The minimum absolute atomic E-state index is 0.710. The first-order valence-corrected chi connectivity index (χ1v) is 7.61. The molecule has 0 spiro atoms. The van der Waals surface area contributed by atoms with E-state index in [9.17, 15) is 0 Å². The molecule has 0 aliphatic carbocycles. The Kier molecular flexibility index (Phi) is 5.05. The first-order chi connectivity index (χ1) is 9.22. The van der Waals surface area contributed by atoms with Gasteiger partial charge in [0.15, 0.2) is 0 Å². The minimum Gasteiger partial charge on any atom is -0.379 e. The van der Waals surface area contributed by atoms with Gasteiger partial charge in [0, 0.05) is 24.5 Å². The number of halogens is 1. The van der Waals surface area contributed by atoms with Gasteiger partial charge in [0.1, 0.15) is 9.34 Å². The molecule has 0 bridgehead atoms. The third kappa shape index (κ3) is 3.85. The van der Waals surface area contributed by atoms with Crippen LogP contribution < -0.4 is 10.2 Å². The molecule has 1 aromatic heterocycles. The number of nitrogens with one attached hydrogen (secondary N) is 1. The highest BCUT2D eigenvalue weighted by atomic mass is 35.5. The lowest BCUT2D eigenvalue weighted by Gasteiger charge is -2.21. The summed E-state index contributed by atoms with van der Waals surface area (Å²) in [5.74, 6) is 0. The summed E-state index contributed by atoms with van der Waals surface area (Å²) in [4.78, 5) is 6.54. The molecule has 0 unspecified atom stereocenters. The fourth-order valence-corrected chi connectivity index (χ4v) is 2.82. The number of hydrogen-bond acceptors (Lipinski definition) is 4. The van der Waals surface area contributed by atoms with E-state index >= 15 is 0 Å². The van der Waals surface area contributed by atoms with Crippen LogP contribution in [0.1, 0.15) is 18.9 Å². The van der Waals surface area contributed by atoms with Crippen molar-refractivity contribution in [2.75, 3.05) is 23.3 Å². The van der Waals surface area contributed by atoms with Crippen molar-refractivity contribution in [2.24, 2.45) is 0 Å². The zero-order valence-corrected chi connectivity index (χ0v) is 12.8. The molecule has 1 N–H and O–H groups in total. The fraction of sp³-hybridized carbons (Fsp3) is 0.357. The Bertz CT molecular complexity index is 506. The maximum atomic E-state index is 5.85. The summed E-state index contributed by atoms with van der Waals surface area (Å²) in [6.07, 6.45) is 1.69. The monoisotopic (exact) mass is 295 g/mol. The maximum absolute atomic E-state index is 5.85. The maximum Gasteiger partial charge on any atom is 0.113 e. The second-order valence-corrected chi connectivity index (χ2v) is 5.88. The molecule has 0 aliphatic heterocycles. The van der Waals surface area contributed by atoms with E-state index in [-0.39, 0.29) is 0 Å². The molecule has 0 saturated heterocycles. The number of anilines is 2. The van der Waals surface area contributed by atoms with Crippen LogP contribution in [0.2, 0.25) is 4.34 Å². The van der Waals surface area contributed by atoms with Crippen LogP contribution in [-0.2, 0) is 6.54 Å². The molecule has 0 fully saturated rings. The summed E-state index contributed by atoms with van der Waals surface area (Å²) >= 11 is 7.36. The van der Waals surface area contributed by atoms with Crippen LogP contribution in [0.5, 0.6) is 0 Å². The van der Waals surface area contributed by atoms with Gasteiger partial charge in [0.2, 0.25) is 0 Å². The predicted octanol–water partition coefficient (Wildman–Crippen LogP) is 4.25. The van der Waals surface area contributed by atoms with Crippen LogP contribution in [0, 0.1) is 0 Å². The molecule has 1 heterocycles. The zero-order valence-electron chi connectivity index (χ0n) is 11.2. The fourth-order valence-electron chi connectivity index (χ4n) is 1.93. The van der Waals surface area contributed by atoms with Crippen LogP contribution >= 0.6 is 22.9 Å². The van der Waals surface area contributed by atoms with Gasteiger partial charge in [0.25, 0.3) is 0 Å². The molecule has 19 heavy (non-hydrogen) atoms. The zero-order chi connectivity index (χ0) is 13.7. The lowest BCUT2D eigenvalue weighted by Crippen LogP contribution is -2.21. The number of aromatic nitrogens is 1. The first kappa shape index (κ1) is 14.2. The van der Waals surface area contributed by atoms with Gasteiger partial charge in [-0.1, -0.05) is 11.6 Å². The SMILES string of the molecule is CCN(CC)c1ccc(NCc2ncc(Cl)s2)cc1. The lowest BCUT2D eigenvalue weighted by atomic mass is 10.2. The standard InChI is InChI=1S/C14H18ClN3S/c1-3-18(4-2)12-7-5-11(6-8-12)16-10-14-17-9-13(15)19-14/h5-9,16H,3-4,10H2,1-2H3. The molecular formula is C14H18ClN3S. The number of rotatable bonds is 6. The largest absolute Gasteiger partial charge is 0.379 e. The van der Waals surface area contributed by atoms with E-state index < -0.39 is 0 Å². The molecule has 0 radical (unpaired) electrons. The van der Waals surface area contributed by atoms with E-state index in [4.69, 9.17) is 11.6 Å². The molecule has 0 atom stereocenters. The van der Waals surface area contributed by atoms with Gasteiger partial charge < -0.3 is 10.2 Å². The van der Waals surface area contributed by atoms with Crippen LogP contribution in [0.3, 0.4) is 0 Å². The minimum atomic E-state index is 0.710. The number of hydrogen-bond donors (Lipinski definition) is 1. The molecule has 0 aliphatic rings. The van der Waals surface area contributed by atoms with Gasteiger partial charge >= 0.3 is 0 Å². The van der Waals surface area contributed by atoms with E-state index in [1.54, 1.807) is 6.20 Å². The van der Waals surface area contributed by atoms with Crippen molar-refractivity contribution in [2.45, 2.75) is 20.4 Å². The summed E-state index contributed by atoms with van der Waals surface area (Å²) in [5.41, 5.74) is 2.36. The van der Waals surface area contributed by atoms with Gasteiger partial charge in [-0.15, -0.1) is 11.3 Å². The molecule has 5 heteroatoms. The van der Waals surface area contributed by atoms with E-state index in [2.05, 4.69) is 53.3 Å². The highest BCUT2D eigenvalue weighted by Gasteiger charge is 2.02. The Balaban J connectivity index is 1.95. The predicted molar refractivity (Wildman–Crippen MR) is 84.5 cm³/mol. The van der Waals surface area contributed by atoms with Crippen LogP contribution in [0.4, 0.5) is 11.4 Å². The van der Waals surface area contributed by atoms with Crippen molar-refractivity contribution in [3.63, 3.8) is 0 Å². The van der Waals surface area contributed by atoms with Gasteiger partial charge in [-0.2, -0.15) is 0 Å². The van der Waals surface area contributed by atoms with Crippen molar-refractivity contribution in [3.05, 3.63) is 39.8 Å². The number of thiazole rings is 1. The quantitative estimate of drug-likeness (QED) is 0.863. The molecular weight excluding hydrogens is 278 g/mol. The Morgan fingerprint density at radius 1 is 1.21 bits per heavy atom. The number of nitrogens with zero attached hydrogens (tertiary/aromatic N) is 2. The molecule has 2 aromatic rings. The molecule has 3 nitrogen and oxygen atoms in total. The molecule has 1 aromatic carbocycles. The van der Waals surface area contributed by atoms with Crippen molar-refractivity contribution in [3.8, 4) is 0 Å². The van der Waals surface area contributed by atoms with E-state index in [1.807, 2.05) is 0 Å². The van der Waals surface area contributed by atoms with Crippen LogP contribution in [0.25, 0.3) is 0 Å². The van der Waals surface area contributed by atoms with Gasteiger partial charge in [-0.3, -0.25) is 0 Å². The summed E-state index contributed by atoms with van der Waals surface area (Å²) in [5, 5.41) is 4.35. The molecule has 0 saturated carbocycles. The second-order valence-electron chi connectivity index (χ2n) is 4.13. The highest BCUT2D eigenvalue weighted by Crippen LogP contribution is 2.21. The van der Waals surface area contributed by atoms with E-state index in [0.29, 0.717) is 6.54 Å². The van der Waals surface area contributed by atoms with Crippen molar-refractivity contribution in [1.82, 2.24) is 4.98 Å². The van der Waals surface area contributed by atoms with Crippen molar-refractivity contribution in [1.29, 1.82) is 0 Å². The van der Waals surface area contributed by atoms with Gasteiger partial charge in [0.05, 0.1) is 12.7 Å². The highest BCUT2D eigenvalue weighted by molar-refractivity contribution is 7.15.